The average molecular weight is 300 g/mol. The molecule has 1 saturated heterocycles. The van der Waals surface area contributed by atoms with Gasteiger partial charge in [-0.2, -0.15) is 11.8 Å². The first kappa shape index (κ1) is 15.5. The standard InChI is InChI=1S/C14H24N2O3S/c1-2-20-11-7-6-10(9-11)15-14(19)16-8-4-3-5-12(16)13(17)18/h10-12H,2-9H2,1H3,(H,15,19)(H,17,18). The minimum atomic E-state index is -0.884. The Morgan fingerprint density at radius 2 is 2.10 bits per heavy atom. The molecule has 1 aliphatic carbocycles. The van der Waals surface area contributed by atoms with E-state index in [-0.39, 0.29) is 12.1 Å². The van der Waals surface area contributed by atoms with Gasteiger partial charge >= 0.3 is 12.0 Å². The van der Waals surface area contributed by atoms with Gasteiger partial charge in [-0.3, -0.25) is 0 Å². The molecule has 1 saturated carbocycles. The van der Waals surface area contributed by atoms with Crippen molar-refractivity contribution in [2.24, 2.45) is 0 Å². The van der Waals surface area contributed by atoms with Gasteiger partial charge in [-0.15, -0.1) is 0 Å². The molecule has 5 nitrogen and oxygen atoms in total. The third-order valence-corrected chi connectivity index (χ3v) is 5.40. The van der Waals surface area contributed by atoms with Gasteiger partial charge in [0, 0.05) is 17.8 Å². The number of hydrogen-bond donors (Lipinski definition) is 2. The van der Waals surface area contributed by atoms with Crippen LogP contribution >= 0.6 is 11.8 Å². The van der Waals surface area contributed by atoms with E-state index < -0.39 is 12.0 Å². The average Bonchev–Trinajstić information content (AvgIpc) is 2.86. The van der Waals surface area contributed by atoms with Crippen molar-refractivity contribution in [1.82, 2.24) is 10.2 Å². The number of carbonyl (C=O) groups is 2. The Balaban J connectivity index is 1.86. The predicted octanol–water partition coefficient (Wildman–Crippen LogP) is 2.31. The smallest absolute Gasteiger partial charge is 0.326 e. The number of urea groups is 1. The highest BCUT2D eigenvalue weighted by Crippen LogP contribution is 2.30. The molecular formula is C14H24N2O3S. The minimum absolute atomic E-state index is 0.191. The van der Waals surface area contributed by atoms with E-state index in [0.717, 1.165) is 37.9 Å². The molecule has 6 heteroatoms. The molecular weight excluding hydrogens is 276 g/mol. The van der Waals surface area contributed by atoms with Gasteiger partial charge in [0.1, 0.15) is 6.04 Å². The summed E-state index contributed by atoms with van der Waals surface area (Å²) in [7, 11) is 0. The molecule has 20 heavy (non-hydrogen) atoms. The SMILES string of the molecule is CCSC1CCC(NC(=O)N2CCCCC2C(=O)O)C1. The molecule has 0 spiro atoms. The van der Waals surface area contributed by atoms with Crippen molar-refractivity contribution in [2.45, 2.75) is 62.8 Å². The van der Waals surface area contributed by atoms with Crippen LogP contribution in [-0.4, -0.2) is 51.6 Å². The van der Waals surface area contributed by atoms with Crippen LogP contribution in [0.1, 0.15) is 45.4 Å². The second kappa shape index (κ2) is 7.20. The fraction of sp³-hybridized carbons (Fsp3) is 0.857. The van der Waals surface area contributed by atoms with E-state index in [9.17, 15) is 14.7 Å². The fourth-order valence-corrected chi connectivity index (χ4v) is 4.29. The monoisotopic (exact) mass is 300 g/mol. The zero-order valence-corrected chi connectivity index (χ0v) is 12.8. The van der Waals surface area contributed by atoms with Gasteiger partial charge in [-0.05, 0) is 44.3 Å². The van der Waals surface area contributed by atoms with Crippen LogP contribution < -0.4 is 5.32 Å². The lowest BCUT2D eigenvalue weighted by Crippen LogP contribution is -2.53. The summed E-state index contributed by atoms with van der Waals surface area (Å²) in [5, 5.41) is 12.9. The third kappa shape index (κ3) is 3.81. The summed E-state index contributed by atoms with van der Waals surface area (Å²) in [5.74, 6) is 0.226. The summed E-state index contributed by atoms with van der Waals surface area (Å²) >= 11 is 1.95. The fourth-order valence-electron chi connectivity index (χ4n) is 3.15. The number of aliphatic carboxylic acids is 1. The molecule has 1 aliphatic heterocycles. The Bertz CT molecular complexity index is 364. The molecule has 2 N–H and O–H groups in total. The number of thioether (sulfide) groups is 1. The molecule has 0 bridgehead atoms. The predicted molar refractivity (Wildman–Crippen MR) is 80.1 cm³/mol. The molecule has 1 heterocycles. The molecule has 2 fully saturated rings. The number of nitrogens with one attached hydrogen (secondary N) is 1. The Morgan fingerprint density at radius 1 is 1.30 bits per heavy atom. The lowest BCUT2D eigenvalue weighted by atomic mass is 10.0. The van der Waals surface area contributed by atoms with E-state index in [2.05, 4.69) is 12.2 Å². The Morgan fingerprint density at radius 3 is 2.80 bits per heavy atom. The number of carboxylic acid groups (broad SMARTS) is 1. The van der Waals surface area contributed by atoms with Crippen LogP contribution in [0.15, 0.2) is 0 Å². The van der Waals surface area contributed by atoms with Gasteiger partial charge in [-0.25, -0.2) is 9.59 Å². The molecule has 0 aromatic rings. The highest BCUT2D eigenvalue weighted by Gasteiger charge is 2.34. The largest absolute Gasteiger partial charge is 0.480 e. The van der Waals surface area contributed by atoms with Crippen molar-refractivity contribution in [1.29, 1.82) is 0 Å². The summed E-state index contributed by atoms with van der Waals surface area (Å²) in [4.78, 5) is 25.0. The van der Waals surface area contributed by atoms with E-state index in [0.29, 0.717) is 18.2 Å². The van der Waals surface area contributed by atoms with Crippen LogP contribution in [0.2, 0.25) is 0 Å². The molecule has 3 atom stereocenters. The molecule has 114 valence electrons. The summed E-state index contributed by atoms with van der Waals surface area (Å²) in [6.45, 7) is 2.71. The molecule has 3 unspecified atom stereocenters. The van der Waals surface area contributed by atoms with Crippen LogP contribution in [0.25, 0.3) is 0 Å². The van der Waals surface area contributed by atoms with Crippen molar-refractivity contribution in [3.05, 3.63) is 0 Å². The van der Waals surface area contributed by atoms with E-state index in [4.69, 9.17) is 0 Å². The van der Waals surface area contributed by atoms with Gasteiger partial charge in [0.2, 0.25) is 0 Å². The Labute approximate surface area is 124 Å². The molecule has 2 amide bonds. The number of rotatable bonds is 4. The summed E-state index contributed by atoms with van der Waals surface area (Å²) in [5.41, 5.74) is 0. The first-order valence-corrected chi connectivity index (χ1v) is 8.58. The highest BCUT2D eigenvalue weighted by molar-refractivity contribution is 7.99. The third-order valence-electron chi connectivity index (χ3n) is 4.16. The van der Waals surface area contributed by atoms with Crippen LogP contribution in [0.5, 0.6) is 0 Å². The van der Waals surface area contributed by atoms with Crippen LogP contribution in [0.3, 0.4) is 0 Å². The first-order valence-electron chi connectivity index (χ1n) is 7.53. The first-order chi connectivity index (χ1) is 9.61. The quantitative estimate of drug-likeness (QED) is 0.836. The minimum Gasteiger partial charge on any atom is -0.480 e. The maximum Gasteiger partial charge on any atom is 0.326 e. The number of amides is 2. The number of carbonyl (C=O) groups excluding carboxylic acids is 1. The zero-order chi connectivity index (χ0) is 14.5. The molecule has 2 rings (SSSR count). The second-order valence-corrected chi connectivity index (χ2v) is 7.16. The van der Waals surface area contributed by atoms with Crippen LogP contribution in [0, 0.1) is 0 Å². The van der Waals surface area contributed by atoms with Gasteiger partial charge in [0.15, 0.2) is 0 Å². The maximum atomic E-state index is 12.3. The Kier molecular flexibility index (Phi) is 5.57. The molecule has 0 aromatic heterocycles. The van der Waals surface area contributed by atoms with Gasteiger partial charge in [-0.1, -0.05) is 6.92 Å². The lowest BCUT2D eigenvalue weighted by molar-refractivity contribution is -0.143. The van der Waals surface area contributed by atoms with Crippen molar-refractivity contribution in [3.8, 4) is 0 Å². The van der Waals surface area contributed by atoms with E-state index in [1.165, 1.54) is 4.90 Å². The van der Waals surface area contributed by atoms with Crippen molar-refractivity contribution in [3.63, 3.8) is 0 Å². The topological polar surface area (TPSA) is 69.6 Å². The van der Waals surface area contributed by atoms with Crippen LogP contribution in [-0.2, 0) is 4.79 Å². The normalized spacial score (nSPS) is 30.2. The number of likely N-dealkylation sites (tertiary alicyclic amines) is 1. The molecule has 2 aliphatic rings. The second-order valence-electron chi connectivity index (χ2n) is 5.58. The van der Waals surface area contributed by atoms with Gasteiger partial charge in [0.05, 0.1) is 0 Å². The summed E-state index contributed by atoms with van der Waals surface area (Å²) in [6.07, 6.45) is 5.52. The van der Waals surface area contributed by atoms with E-state index in [1.54, 1.807) is 0 Å². The van der Waals surface area contributed by atoms with Crippen LogP contribution in [0.4, 0.5) is 4.79 Å². The number of nitrogens with zero attached hydrogens (tertiary/aromatic N) is 1. The number of carboxylic acids is 1. The number of hydrogen-bond acceptors (Lipinski definition) is 3. The zero-order valence-electron chi connectivity index (χ0n) is 12.0. The van der Waals surface area contributed by atoms with E-state index >= 15 is 0 Å². The van der Waals surface area contributed by atoms with E-state index in [1.807, 2.05) is 11.8 Å². The van der Waals surface area contributed by atoms with Gasteiger partial charge < -0.3 is 15.3 Å². The van der Waals surface area contributed by atoms with Gasteiger partial charge in [0.25, 0.3) is 0 Å². The van der Waals surface area contributed by atoms with Crippen molar-refractivity contribution in [2.75, 3.05) is 12.3 Å². The highest BCUT2D eigenvalue weighted by atomic mass is 32.2. The lowest BCUT2D eigenvalue weighted by Gasteiger charge is -2.33. The van der Waals surface area contributed by atoms with Crippen molar-refractivity contribution >= 4 is 23.8 Å². The van der Waals surface area contributed by atoms with Crippen molar-refractivity contribution < 1.29 is 14.7 Å². The molecule has 0 aromatic carbocycles. The summed E-state index contributed by atoms with van der Waals surface area (Å²) in [6, 6.07) is -0.627. The summed E-state index contributed by atoms with van der Waals surface area (Å²) < 4.78 is 0. The Hall–Kier alpha value is -0.910. The maximum absolute atomic E-state index is 12.3. The molecule has 0 radical (unpaired) electrons. The number of piperidine rings is 1.